The summed E-state index contributed by atoms with van der Waals surface area (Å²) in [5.41, 5.74) is 0. The SMILES string of the molecule is CCCCCCCCOC(=O)CC(C(=O)OCCCCCCCC)S(=O)(=O)[O-]. The summed E-state index contributed by atoms with van der Waals surface area (Å²) in [5, 5.41) is -2.04. The van der Waals surface area contributed by atoms with E-state index in [2.05, 4.69) is 13.8 Å². The molecule has 7 nitrogen and oxygen atoms in total. The van der Waals surface area contributed by atoms with E-state index in [1.165, 1.54) is 6.42 Å². The van der Waals surface area contributed by atoms with Crippen molar-refractivity contribution < 1.29 is 32.0 Å². The van der Waals surface area contributed by atoms with Gasteiger partial charge < -0.3 is 14.0 Å². The van der Waals surface area contributed by atoms with Crippen molar-refractivity contribution in [2.75, 3.05) is 13.2 Å². The molecule has 0 radical (unpaired) electrons. The van der Waals surface area contributed by atoms with E-state index < -0.39 is 33.7 Å². The number of hydrogen-bond acceptors (Lipinski definition) is 7. The Hall–Kier alpha value is -1.15. The van der Waals surface area contributed by atoms with Gasteiger partial charge in [0, 0.05) is 0 Å². The molecule has 166 valence electrons. The molecule has 0 saturated heterocycles. The van der Waals surface area contributed by atoms with Crippen LogP contribution in [0.5, 0.6) is 0 Å². The van der Waals surface area contributed by atoms with Gasteiger partial charge in [-0.25, -0.2) is 8.42 Å². The monoisotopic (exact) mass is 421 g/mol. The zero-order valence-electron chi connectivity index (χ0n) is 17.4. The van der Waals surface area contributed by atoms with E-state index in [4.69, 9.17) is 9.47 Å². The fourth-order valence-corrected chi connectivity index (χ4v) is 3.37. The number of hydrogen-bond donors (Lipinski definition) is 0. The molecule has 0 amide bonds. The molecule has 0 saturated carbocycles. The normalized spacial score (nSPS) is 12.5. The van der Waals surface area contributed by atoms with E-state index in [0.717, 1.165) is 57.8 Å². The predicted octanol–water partition coefficient (Wildman–Crippen LogP) is 4.10. The molecule has 0 spiro atoms. The lowest BCUT2D eigenvalue weighted by molar-refractivity contribution is -0.150. The van der Waals surface area contributed by atoms with Crippen LogP contribution >= 0.6 is 0 Å². The Morgan fingerprint density at radius 1 is 0.750 bits per heavy atom. The van der Waals surface area contributed by atoms with Crippen LogP contribution in [0.1, 0.15) is 97.3 Å². The van der Waals surface area contributed by atoms with Crippen molar-refractivity contribution in [2.24, 2.45) is 0 Å². The van der Waals surface area contributed by atoms with Crippen LogP contribution in [0.3, 0.4) is 0 Å². The molecule has 0 aromatic rings. The Morgan fingerprint density at radius 2 is 1.18 bits per heavy atom. The first-order chi connectivity index (χ1) is 13.3. The van der Waals surface area contributed by atoms with E-state index in [1.807, 2.05) is 0 Å². The second kappa shape index (κ2) is 16.8. The number of carbonyl (C=O) groups is 2. The van der Waals surface area contributed by atoms with Gasteiger partial charge in [0.25, 0.3) is 0 Å². The second-order valence-electron chi connectivity index (χ2n) is 7.11. The summed E-state index contributed by atoms with van der Waals surface area (Å²) in [5.74, 6) is -2.03. The number of rotatable bonds is 18. The fourth-order valence-electron chi connectivity index (χ4n) is 2.73. The van der Waals surface area contributed by atoms with E-state index in [-0.39, 0.29) is 13.2 Å². The standard InChI is InChI=1S/C20H38O7S/c1-3-5-7-9-11-13-15-26-19(21)17-18(28(23,24)25)20(22)27-16-14-12-10-8-6-4-2/h18H,3-17H2,1-2H3,(H,23,24,25)/p-1. The summed E-state index contributed by atoms with van der Waals surface area (Å²) in [7, 11) is -4.98. The third-order valence-corrected chi connectivity index (χ3v) is 5.52. The van der Waals surface area contributed by atoms with E-state index >= 15 is 0 Å². The van der Waals surface area contributed by atoms with Crippen LogP contribution in [0.15, 0.2) is 0 Å². The fraction of sp³-hybridized carbons (Fsp3) is 0.900. The molecule has 0 aromatic carbocycles. The largest absolute Gasteiger partial charge is 0.747 e. The van der Waals surface area contributed by atoms with Crippen LogP contribution in [0.4, 0.5) is 0 Å². The van der Waals surface area contributed by atoms with Gasteiger partial charge in [-0.3, -0.25) is 9.59 Å². The lowest BCUT2D eigenvalue weighted by Crippen LogP contribution is -2.34. The molecule has 1 atom stereocenters. The summed E-state index contributed by atoms with van der Waals surface area (Å²) in [4.78, 5) is 23.7. The number of unbranched alkanes of at least 4 members (excludes halogenated alkanes) is 10. The molecular formula is C20H37O7S-. The zero-order valence-corrected chi connectivity index (χ0v) is 18.3. The lowest BCUT2D eigenvalue weighted by atomic mass is 10.1. The van der Waals surface area contributed by atoms with Gasteiger partial charge in [0.15, 0.2) is 5.25 Å². The van der Waals surface area contributed by atoms with Crippen molar-refractivity contribution in [1.29, 1.82) is 0 Å². The number of esters is 2. The quantitative estimate of drug-likeness (QED) is 0.186. The third-order valence-electron chi connectivity index (χ3n) is 4.47. The maximum Gasteiger partial charge on any atom is 0.323 e. The van der Waals surface area contributed by atoms with Crippen LogP contribution < -0.4 is 0 Å². The van der Waals surface area contributed by atoms with Gasteiger partial charge >= 0.3 is 11.9 Å². The van der Waals surface area contributed by atoms with Gasteiger partial charge in [-0.15, -0.1) is 0 Å². The Balaban J connectivity index is 4.15. The molecule has 0 fully saturated rings. The van der Waals surface area contributed by atoms with Crippen molar-refractivity contribution in [2.45, 2.75) is 103 Å². The predicted molar refractivity (Wildman–Crippen MR) is 107 cm³/mol. The summed E-state index contributed by atoms with van der Waals surface area (Å²) in [6.07, 6.45) is 11.2. The van der Waals surface area contributed by atoms with E-state index in [9.17, 15) is 22.6 Å². The molecule has 0 heterocycles. The second-order valence-corrected chi connectivity index (χ2v) is 8.66. The maximum absolute atomic E-state index is 11.9. The first-order valence-electron chi connectivity index (χ1n) is 10.6. The molecule has 0 aliphatic rings. The van der Waals surface area contributed by atoms with Crippen LogP contribution in [-0.4, -0.2) is 43.4 Å². The molecule has 0 aliphatic heterocycles. The Bertz CT molecular complexity index is 517. The van der Waals surface area contributed by atoms with Crippen molar-refractivity contribution in [3.8, 4) is 0 Å². The smallest absolute Gasteiger partial charge is 0.323 e. The molecule has 0 N–H and O–H groups in total. The molecule has 0 rings (SSSR count). The summed E-state index contributed by atoms with van der Waals surface area (Å²) >= 11 is 0. The van der Waals surface area contributed by atoms with Crippen LogP contribution in [-0.2, 0) is 29.2 Å². The minimum absolute atomic E-state index is 0.0454. The molecule has 0 aliphatic carbocycles. The molecule has 1 unspecified atom stereocenters. The van der Waals surface area contributed by atoms with E-state index in [0.29, 0.717) is 12.8 Å². The highest BCUT2D eigenvalue weighted by atomic mass is 32.2. The number of carbonyl (C=O) groups excluding carboxylic acids is 2. The third kappa shape index (κ3) is 14.9. The van der Waals surface area contributed by atoms with Crippen LogP contribution in [0.25, 0.3) is 0 Å². The summed E-state index contributed by atoms with van der Waals surface area (Å²) < 4.78 is 43.8. The van der Waals surface area contributed by atoms with Crippen molar-refractivity contribution >= 4 is 22.1 Å². The van der Waals surface area contributed by atoms with Gasteiger partial charge in [-0.2, -0.15) is 0 Å². The topological polar surface area (TPSA) is 110 Å². The van der Waals surface area contributed by atoms with Crippen LogP contribution in [0.2, 0.25) is 0 Å². The highest BCUT2D eigenvalue weighted by molar-refractivity contribution is 7.87. The summed E-state index contributed by atoms with van der Waals surface area (Å²) in [6, 6.07) is 0. The van der Waals surface area contributed by atoms with Gasteiger partial charge in [0.1, 0.15) is 10.1 Å². The first-order valence-corrected chi connectivity index (χ1v) is 12.1. The molecule has 8 heteroatoms. The van der Waals surface area contributed by atoms with E-state index in [1.54, 1.807) is 0 Å². The molecular weight excluding hydrogens is 384 g/mol. The minimum Gasteiger partial charge on any atom is -0.747 e. The Morgan fingerprint density at radius 3 is 1.64 bits per heavy atom. The highest BCUT2D eigenvalue weighted by Gasteiger charge is 2.30. The van der Waals surface area contributed by atoms with Crippen molar-refractivity contribution in [3.05, 3.63) is 0 Å². The highest BCUT2D eigenvalue weighted by Crippen LogP contribution is 2.11. The van der Waals surface area contributed by atoms with Crippen LogP contribution in [0, 0.1) is 0 Å². The molecule has 0 bridgehead atoms. The summed E-state index contributed by atoms with van der Waals surface area (Å²) in [6.45, 7) is 4.44. The minimum atomic E-state index is -4.98. The zero-order chi connectivity index (χ0) is 21.3. The molecule has 0 aromatic heterocycles. The van der Waals surface area contributed by atoms with Gasteiger partial charge in [0.2, 0.25) is 0 Å². The number of ether oxygens (including phenoxy) is 2. The van der Waals surface area contributed by atoms with Gasteiger partial charge in [0.05, 0.1) is 19.6 Å². The lowest BCUT2D eigenvalue weighted by Gasteiger charge is -2.18. The average molecular weight is 422 g/mol. The van der Waals surface area contributed by atoms with Crippen molar-refractivity contribution in [3.63, 3.8) is 0 Å². The first kappa shape index (κ1) is 26.9. The Kier molecular flexibility index (Phi) is 16.1. The van der Waals surface area contributed by atoms with Crippen molar-refractivity contribution in [1.82, 2.24) is 0 Å². The molecule has 28 heavy (non-hydrogen) atoms. The average Bonchev–Trinajstić information content (AvgIpc) is 2.63. The Labute approximate surface area is 170 Å². The van der Waals surface area contributed by atoms with Gasteiger partial charge in [-0.05, 0) is 12.8 Å². The van der Waals surface area contributed by atoms with Gasteiger partial charge in [-0.1, -0.05) is 78.1 Å². The maximum atomic E-state index is 11.9.